The van der Waals surface area contributed by atoms with Crippen LogP contribution < -0.4 is 9.80 Å². The van der Waals surface area contributed by atoms with Crippen molar-refractivity contribution in [3.8, 4) is 0 Å². The molecular weight excluding hydrogens is 367 g/mol. The van der Waals surface area contributed by atoms with Gasteiger partial charge in [-0.3, -0.25) is 9.69 Å². The zero-order valence-corrected chi connectivity index (χ0v) is 15.5. The molecule has 4 rings (SSSR count). The van der Waals surface area contributed by atoms with Gasteiger partial charge in [0.25, 0.3) is 0 Å². The minimum Gasteiger partial charge on any atom is -0.369 e. The van der Waals surface area contributed by atoms with Gasteiger partial charge in [-0.1, -0.05) is 24.3 Å². The van der Waals surface area contributed by atoms with E-state index in [0.29, 0.717) is 45.0 Å². The summed E-state index contributed by atoms with van der Waals surface area (Å²) in [5.41, 5.74) is 2.14. The molecule has 0 radical (unpaired) electrons. The summed E-state index contributed by atoms with van der Waals surface area (Å²) in [7, 11) is 0. The number of nitrogens with zero attached hydrogens (tertiary/aromatic N) is 3. The van der Waals surface area contributed by atoms with Gasteiger partial charge >= 0.3 is 6.18 Å². The number of hydrogen-bond acceptors (Lipinski definition) is 3. The second kappa shape index (κ2) is 7.47. The monoisotopic (exact) mass is 389 g/mol. The number of fused-ring (bicyclic) bond motifs is 1. The van der Waals surface area contributed by atoms with Crippen molar-refractivity contribution in [2.45, 2.75) is 12.6 Å². The zero-order valence-electron chi connectivity index (χ0n) is 15.5. The van der Waals surface area contributed by atoms with Gasteiger partial charge in [0.15, 0.2) is 0 Å². The van der Waals surface area contributed by atoms with Crippen LogP contribution in [-0.4, -0.2) is 50.1 Å². The van der Waals surface area contributed by atoms with Gasteiger partial charge in [0.1, 0.15) is 0 Å². The van der Waals surface area contributed by atoms with Crippen molar-refractivity contribution >= 4 is 17.3 Å². The first kappa shape index (κ1) is 18.8. The Morgan fingerprint density at radius 3 is 2.43 bits per heavy atom. The van der Waals surface area contributed by atoms with Gasteiger partial charge in [0.2, 0.25) is 5.91 Å². The van der Waals surface area contributed by atoms with Crippen molar-refractivity contribution in [2.24, 2.45) is 0 Å². The molecule has 1 saturated heterocycles. The molecule has 2 aromatic carbocycles. The van der Waals surface area contributed by atoms with Crippen molar-refractivity contribution in [2.75, 3.05) is 49.1 Å². The van der Waals surface area contributed by atoms with Crippen molar-refractivity contribution in [1.29, 1.82) is 0 Å². The van der Waals surface area contributed by atoms with Gasteiger partial charge in [-0.2, -0.15) is 13.2 Å². The Bertz CT molecular complexity index is 860. The highest BCUT2D eigenvalue weighted by Crippen LogP contribution is 2.32. The fraction of sp³-hybridized carbons (Fsp3) is 0.381. The molecule has 7 heteroatoms. The van der Waals surface area contributed by atoms with Gasteiger partial charge in [0.05, 0.1) is 12.1 Å². The zero-order chi connectivity index (χ0) is 19.7. The van der Waals surface area contributed by atoms with E-state index in [-0.39, 0.29) is 5.91 Å². The lowest BCUT2D eigenvalue weighted by molar-refractivity contribution is -0.137. The van der Waals surface area contributed by atoms with Crippen LogP contribution in [0.1, 0.15) is 11.1 Å². The Kier molecular flexibility index (Phi) is 5.02. The maximum atomic E-state index is 12.9. The Labute approximate surface area is 162 Å². The van der Waals surface area contributed by atoms with Crippen LogP contribution in [0.15, 0.2) is 48.5 Å². The van der Waals surface area contributed by atoms with Crippen LogP contribution in [0.2, 0.25) is 0 Å². The van der Waals surface area contributed by atoms with Crippen LogP contribution in [0.5, 0.6) is 0 Å². The molecule has 0 N–H and O–H groups in total. The molecule has 2 aliphatic heterocycles. The molecule has 28 heavy (non-hydrogen) atoms. The number of para-hydroxylation sites is 1. The molecule has 0 bridgehead atoms. The average molecular weight is 389 g/mol. The standard InChI is InChI=1S/C21H22F3N3O/c22-21(23,24)17-5-3-6-18(14-17)26-12-10-25(11-13-26)15-20(28)27-9-8-16-4-1-2-7-19(16)27/h1-7,14H,8-13,15H2. The summed E-state index contributed by atoms with van der Waals surface area (Å²) in [5, 5.41) is 0. The average Bonchev–Trinajstić information content (AvgIpc) is 3.12. The molecular formula is C21H22F3N3O. The third-order valence-corrected chi connectivity index (χ3v) is 5.46. The smallest absolute Gasteiger partial charge is 0.369 e. The molecule has 2 aliphatic rings. The van der Waals surface area contributed by atoms with E-state index in [9.17, 15) is 18.0 Å². The summed E-state index contributed by atoms with van der Waals surface area (Å²) in [6.45, 7) is 3.55. The van der Waals surface area contributed by atoms with Gasteiger partial charge in [0, 0.05) is 44.1 Å². The fourth-order valence-corrected chi connectivity index (χ4v) is 3.92. The molecule has 1 fully saturated rings. The summed E-state index contributed by atoms with van der Waals surface area (Å²) < 4.78 is 38.8. The summed E-state index contributed by atoms with van der Waals surface area (Å²) in [5.74, 6) is 0.0810. The number of carbonyl (C=O) groups is 1. The van der Waals surface area contributed by atoms with Crippen LogP contribution in [0.25, 0.3) is 0 Å². The van der Waals surface area contributed by atoms with Gasteiger partial charge in [-0.15, -0.1) is 0 Å². The number of hydrogen-bond donors (Lipinski definition) is 0. The third kappa shape index (κ3) is 3.85. The minimum absolute atomic E-state index is 0.0810. The molecule has 2 heterocycles. The fourth-order valence-electron chi connectivity index (χ4n) is 3.92. The molecule has 2 aromatic rings. The van der Waals surface area contributed by atoms with E-state index >= 15 is 0 Å². The summed E-state index contributed by atoms with van der Waals surface area (Å²) in [6.07, 6.45) is -3.46. The first-order chi connectivity index (χ1) is 13.4. The van der Waals surface area contributed by atoms with Crippen LogP contribution >= 0.6 is 0 Å². The molecule has 0 aromatic heterocycles. The lowest BCUT2D eigenvalue weighted by atomic mass is 10.1. The van der Waals surface area contributed by atoms with E-state index in [1.165, 1.54) is 17.7 Å². The summed E-state index contributed by atoms with van der Waals surface area (Å²) in [6, 6.07) is 13.4. The predicted octanol–water partition coefficient (Wildman–Crippen LogP) is 3.42. The lowest BCUT2D eigenvalue weighted by Crippen LogP contribution is -2.50. The highest BCUT2D eigenvalue weighted by atomic mass is 19.4. The first-order valence-corrected chi connectivity index (χ1v) is 9.45. The van der Waals surface area contributed by atoms with Crippen molar-refractivity contribution in [3.05, 3.63) is 59.7 Å². The van der Waals surface area contributed by atoms with Crippen LogP contribution in [-0.2, 0) is 17.4 Å². The Balaban J connectivity index is 1.34. The minimum atomic E-state index is -4.34. The van der Waals surface area contributed by atoms with Crippen LogP contribution in [0, 0.1) is 0 Å². The SMILES string of the molecule is O=C(CN1CCN(c2cccc(C(F)(F)F)c2)CC1)N1CCc2ccccc21. The number of piperazine rings is 1. The quantitative estimate of drug-likeness (QED) is 0.805. The Morgan fingerprint density at radius 1 is 0.929 bits per heavy atom. The second-order valence-corrected chi connectivity index (χ2v) is 7.24. The van der Waals surface area contributed by atoms with Crippen LogP contribution in [0.3, 0.4) is 0 Å². The Morgan fingerprint density at radius 2 is 1.68 bits per heavy atom. The van der Waals surface area contributed by atoms with E-state index < -0.39 is 11.7 Å². The summed E-state index contributed by atoms with van der Waals surface area (Å²) in [4.78, 5) is 18.6. The van der Waals surface area contributed by atoms with E-state index in [1.54, 1.807) is 6.07 Å². The second-order valence-electron chi connectivity index (χ2n) is 7.24. The molecule has 0 aliphatic carbocycles. The topological polar surface area (TPSA) is 26.8 Å². The number of halogens is 3. The number of rotatable bonds is 3. The largest absolute Gasteiger partial charge is 0.416 e. The van der Waals surface area contributed by atoms with Crippen molar-refractivity contribution in [1.82, 2.24) is 4.90 Å². The summed E-state index contributed by atoms with van der Waals surface area (Å²) >= 11 is 0. The maximum Gasteiger partial charge on any atom is 0.416 e. The number of amides is 1. The molecule has 0 spiro atoms. The van der Waals surface area contributed by atoms with E-state index in [1.807, 2.05) is 28.0 Å². The highest BCUT2D eigenvalue weighted by Gasteiger charge is 2.31. The van der Waals surface area contributed by atoms with E-state index in [0.717, 1.165) is 18.2 Å². The van der Waals surface area contributed by atoms with Crippen molar-refractivity contribution < 1.29 is 18.0 Å². The normalized spacial score (nSPS) is 17.7. The molecule has 4 nitrogen and oxygen atoms in total. The van der Waals surface area contributed by atoms with Crippen molar-refractivity contribution in [3.63, 3.8) is 0 Å². The number of carbonyl (C=O) groups excluding carboxylic acids is 1. The van der Waals surface area contributed by atoms with Crippen LogP contribution in [0.4, 0.5) is 24.5 Å². The maximum absolute atomic E-state index is 12.9. The molecule has 0 saturated carbocycles. The van der Waals surface area contributed by atoms with E-state index in [4.69, 9.17) is 0 Å². The van der Waals surface area contributed by atoms with Gasteiger partial charge in [-0.05, 0) is 36.2 Å². The Hall–Kier alpha value is -2.54. The van der Waals surface area contributed by atoms with E-state index in [2.05, 4.69) is 11.0 Å². The molecule has 1 amide bonds. The number of benzene rings is 2. The lowest BCUT2D eigenvalue weighted by Gasteiger charge is -2.36. The molecule has 0 atom stereocenters. The van der Waals surface area contributed by atoms with Gasteiger partial charge in [-0.25, -0.2) is 0 Å². The molecule has 148 valence electrons. The number of alkyl halides is 3. The number of anilines is 2. The first-order valence-electron chi connectivity index (χ1n) is 9.45. The van der Waals surface area contributed by atoms with Gasteiger partial charge < -0.3 is 9.80 Å². The highest BCUT2D eigenvalue weighted by molar-refractivity contribution is 5.96. The third-order valence-electron chi connectivity index (χ3n) is 5.46. The predicted molar refractivity (Wildman–Crippen MR) is 103 cm³/mol. The molecule has 0 unspecified atom stereocenters.